The second-order valence-electron chi connectivity index (χ2n) is 7.71. The van der Waals surface area contributed by atoms with Gasteiger partial charge in [0.15, 0.2) is 5.96 Å². The molecule has 170 valence electrons. The summed E-state index contributed by atoms with van der Waals surface area (Å²) < 4.78 is 13.2. The smallest absolute Gasteiger partial charge is 0.195 e. The van der Waals surface area contributed by atoms with E-state index in [0.717, 1.165) is 74.4 Å². The highest BCUT2D eigenvalue weighted by atomic mass is 16.5. The van der Waals surface area contributed by atoms with Crippen molar-refractivity contribution in [2.45, 2.75) is 58.4 Å². The van der Waals surface area contributed by atoms with E-state index in [2.05, 4.69) is 32.3 Å². The first-order valence-corrected chi connectivity index (χ1v) is 11.5. The quantitative estimate of drug-likeness (QED) is 0.324. The molecule has 2 N–H and O–H groups in total. The van der Waals surface area contributed by atoms with Gasteiger partial charge in [0, 0.05) is 64.4 Å². The van der Waals surface area contributed by atoms with Gasteiger partial charge in [0.2, 0.25) is 0 Å². The van der Waals surface area contributed by atoms with Crippen molar-refractivity contribution in [1.29, 1.82) is 0 Å². The molecule has 8 heteroatoms. The van der Waals surface area contributed by atoms with Crippen molar-refractivity contribution < 1.29 is 9.47 Å². The minimum absolute atomic E-state index is 0.637. The van der Waals surface area contributed by atoms with E-state index in [9.17, 15) is 0 Å². The normalized spacial score (nSPS) is 14.1. The van der Waals surface area contributed by atoms with Crippen LogP contribution < -0.4 is 15.4 Å². The molecule has 8 nitrogen and oxygen atoms in total. The number of hydrogen-bond acceptors (Lipinski definition) is 5. The number of ether oxygens (including phenoxy) is 2. The number of aromatic nitrogens is 3. The Labute approximate surface area is 185 Å². The van der Waals surface area contributed by atoms with E-state index in [1.165, 1.54) is 19.3 Å². The van der Waals surface area contributed by atoms with E-state index in [1.54, 1.807) is 7.11 Å². The van der Waals surface area contributed by atoms with Gasteiger partial charge in [0.05, 0.1) is 6.61 Å². The number of rotatable bonds is 11. The topological polar surface area (TPSA) is 85.6 Å². The van der Waals surface area contributed by atoms with Crippen molar-refractivity contribution in [3.63, 3.8) is 0 Å². The van der Waals surface area contributed by atoms with E-state index in [4.69, 9.17) is 14.5 Å². The first-order valence-electron chi connectivity index (χ1n) is 11.5. The molecule has 0 radical (unpaired) electrons. The molecule has 0 fully saturated rings. The van der Waals surface area contributed by atoms with Crippen LogP contribution >= 0.6 is 0 Å². The summed E-state index contributed by atoms with van der Waals surface area (Å²) in [6.07, 6.45) is 7.49. The van der Waals surface area contributed by atoms with Gasteiger partial charge in [0.25, 0.3) is 0 Å². The molecule has 2 heterocycles. The van der Waals surface area contributed by atoms with E-state index < -0.39 is 0 Å². The van der Waals surface area contributed by atoms with Crippen LogP contribution in [0.15, 0.2) is 29.3 Å². The third-order valence-corrected chi connectivity index (χ3v) is 5.22. The highest BCUT2D eigenvalue weighted by Crippen LogP contribution is 2.18. The summed E-state index contributed by atoms with van der Waals surface area (Å²) in [5.74, 6) is 3.86. The zero-order valence-corrected chi connectivity index (χ0v) is 18.9. The van der Waals surface area contributed by atoms with E-state index in [1.807, 2.05) is 24.3 Å². The molecule has 2 aromatic rings. The van der Waals surface area contributed by atoms with Gasteiger partial charge in [-0.1, -0.05) is 12.5 Å². The average Bonchev–Trinajstić information content (AvgIpc) is 3.00. The monoisotopic (exact) mass is 428 g/mol. The van der Waals surface area contributed by atoms with E-state index >= 15 is 0 Å². The predicted octanol–water partition coefficient (Wildman–Crippen LogP) is 3.43. The van der Waals surface area contributed by atoms with Crippen molar-refractivity contribution in [2.75, 3.05) is 38.7 Å². The number of methoxy groups -OCH3 is 1. The van der Waals surface area contributed by atoms with Gasteiger partial charge < -0.3 is 24.7 Å². The van der Waals surface area contributed by atoms with Crippen LogP contribution in [-0.2, 0) is 24.1 Å². The third-order valence-electron chi connectivity index (χ3n) is 5.22. The Morgan fingerprint density at radius 3 is 2.97 bits per heavy atom. The Balaban J connectivity index is 1.50. The van der Waals surface area contributed by atoms with Crippen molar-refractivity contribution in [1.82, 2.24) is 20.1 Å². The van der Waals surface area contributed by atoms with E-state index in [-0.39, 0.29) is 0 Å². The zero-order chi connectivity index (χ0) is 21.7. The summed E-state index contributed by atoms with van der Waals surface area (Å²) in [6.45, 7) is 5.99. The van der Waals surface area contributed by atoms with Gasteiger partial charge in [-0.05, 0) is 38.3 Å². The largest absolute Gasteiger partial charge is 0.493 e. The first-order chi connectivity index (χ1) is 15.3. The molecule has 0 amide bonds. The lowest BCUT2D eigenvalue weighted by Gasteiger charge is -2.13. The summed E-state index contributed by atoms with van der Waals surface area (Å²) in [4.78, 5) is 4.73. The standard InChI is InChI=1S/C23H36N6O2/c1-3-24-23(26-19-10-7-11-20(18-19)31-17-9-16-30-2)25-14-8-13-22-28-27-21-12-5-4-6-15-29(21)22/h7,10-11,18H,3-6,8-9,12-17H2,1-2H3,(H2,24,25,26). The summed E-state index contributed by atoms with van der Waals surface area (Å²) in [5, 5.41) is 15.5. The summed E-state index contributed by atoms with van der Waals surface area (Å²) in [5.41, 5.74) is 0.951. The Bertz CT molecular complexity index is 820. The lowest BCUT2D eigenvalue weighted by Crippen LogP contribution is -2.30. The molecule has 0 aliphatic carbocycles. The van der Waals surface area contributed by atoms with Crippen LogP contribution in [0.25, 0.3) is 0 Å². The number of aliphatic imine (C=N–C) groups is 1. The third kappa shape index (κ3) is 7.54. The Morgan fingerprint density at radius 2 is 2.10 bits per heavy atom. The summed E-state index contributed by atoms with van der Waals surface area (Å²) >= 11 is 0. The molecule has 1 aliphatic rings. The maximum Gasteiger partial charge on any atom is 0.195 e. The zero-order valence-electron chi connectivity index (χ0n) is 18.9. The Morgan fingerprint density at radius 1 is 1.16 bits per heavy atom. The van der Waals surface area contributed by atoms with Gasteiger partial charge in [-0.2, -0.15) is 0 Å². The van der Waals surface area contributed by atoms with E-state index in [0.29, 0.717) is 13.2 Å². The molecule has 1 aromatic heterocycles. The van der Waals surface area contributed by atoms with Crippen LogP contribution in [-0.4, -0.2) is 54.1 Å². The maximum atomic E-state index is 5.79. The fourth-order valence-corrected chi connectivity index (χ4v) is 3.66. The second-order valence-corrected chi connectivity index (χ2v) is 7.71. The number of fused-ring (bicyclic) bond motifs is 1. The fourth-order valence-electron chi connectivity index (χ4n) is 3.66. The van der Waals surface area contributed by atoms with Crippen LogP contribution in [0, 0.1) is 0 Å². The molecule has 0 saturated carbocycles. The number of aryl methyl sites for hydroxylation is 2. The molecule has 1 aromatic carbocycles. The molecular weight excluding hydrogens is 392 g/mol. The highest BCUT2D eigenvalue weighted by Gasteiger charge is 2.14. The molecule has 3 rings (SSSR count). The van der Waals surface area contributed by atoms with Crippen molar-refractivity contribution in [2.24, 2.45) is 4.99 Å². The van der Waals surface area contributed by atoms with Crippen molar-refractivity contribution >= 4 is 11.6 Å². The highest BCUT2D eigenvalue weighted by molar-refractivity contribution is 5.93. The van der Waals surface area contributed by atoms with Gasteiger partial charge in [0.1, 0.15) is 17.4 Å². The van der Waals surface area contributed by atoms with Gasteiger partial charge in [-0.25, -0.2) is 0 Å². The summed E-state index contributed by atoms with van der Waals surface area (Å²) in [7, 11) is 1.70. The maximum absolute atomic E-state index is 5.79. The predicted molar refractivity (Wildman–Crippen MR) is 124 cm³/mol. The molecule has 31 heavy (non-hydrogen) atoms. The summed E-state index contributed by atoms with van der Waals surface area (Å²) in [6, 6.07) is 7.95. The average molecular weight is 429 g/mol. The molecule has 0 bridgehead atoms. The van der Waals surface area contributed by atoms with Gasteiger partial charge in [-0.3, -0.25) is 4.99 Å². The van der Waals surface area contributed by atoms with Crippen molar-refractivity contribution in [3.05, 3.63) is 35.9 Å². The minimum Gasteiger partial charge on any atom is -0.493 e. The lowest BCUT2D eigenvalue weighted by atomic mass is 10.2. The minimum atomic E-state index is 0.637. The van der Waals surface area contributed by atoms with Crippen LogP contribution in [0.5, 0.6) is 5.75 Å². The number of nitrogens with zero attached hydrogens (tertiary/aromatic N) is 4. The van der Waals surface area contributed by atoms with Gasteiger partial charge in [-0.15, -0.1) is 10.2 Å². The number of anilines is 1. The molecule has 0 atom stereocenters. The molecule has 1 aliphatic heterocycles. The fraction of sp³-hybridized carbons (Fsp3) is 0.609. The van der Waals surface area contributed by atoms with Gasteiger partial charge >= 0.3 is 0 Å². The molecule has 0 saturated heterocycles. The molecular formula is C23H36N6O2. The number of hydrogen-bond donors (Lipinski definition) is 2. The molecule has 0 spiro atoms. The van der Waals surface area contributed by atoms with Crippen LogP contribution in [0.1, 0.15) is 50.7 Å². The number of nitrogens with one attached hydrogen (secondary N) is 2. The second kappa shape index (κ2) is 12.9. The van der Waals surface area contributed by atoms with Crippen LogP contribution in [0.2, 0.25) is 0 Å². The SMILES string of the molecule is CCNC(=NCCCc1nnc2n1CCCCC2)Nc1cccc(OCCCOC)c1. The lowest BCUT2D eigenvalue weighted by molar-refractivity contribution is 0.172. The Hall–Kier alpha value is -2.61. The first kappa shape index (κ1) is 23.1. The molecule has 0 unspecified atom stereocenters. The number of benzene rings is 1. The van der Waals surface area contributed by atoms with Crippen LogP contribution in [0.3, 0.4) is 0 Å². The van der Waals surface area contributed by atoms with Crippen LogP contribution in [0.4, 0.5) is 5.69 Å². The Kier molecular flexibility index (Phi) is 9.63. The van der Waals surface area contributed by atoms with Crippen molar-refractivity contribution in [3.8, 4) is 5.75 Å². The number of guanidine groups is 1.